The van der Waals surface area contributed by atoms with Gasteiger partial charge in [0.25, 0.3) is 10.0 Å². The fourth-order valence-corrected chi connectivity index (χ4v) is 5.87. The number of nitrogens with one attached hydrogen (secondary N) is 1. The number of aryl methyl sites for hydroxylation is 1. The fraction of sp³-hybridized carbons (Fsp3) is 0.368. The number of hydrogen-bond acceptors (Lipinski definition) is 5. The van der Waals surface area contributed by atoms with Crippen LogP contribution in [-0.2, 0) is 20.0 Å². The highest BCUT2D eigenvalue weighted by molar-refractivity contribution is 7.92. The lowest BCUT2D eigenvalue weighted by molar-refractivity contribution is -0.274. The first-order valence-electron chi connectivity index (χ1n) is 9.38. The van der Waals surface area contributed by atoms with Crippen LogP contribution in [0.4, 0.5) is 18.9 Å². The number of alkyl halides is 3. The standard InChI is InChI=1S/C19H21F3N2O5S2/c1-14-8-9-17(31(27,28)24-10-3-2-4-11-24)13-18(14)23-30(25,26)16-7-5-6-15(12-16)29-19(20,21)22/h5-9,12-13,23H,2-4,10-11H2,1H3. The lowest BCUT2D eigenvalue weighted by Crippen LogP contribution is -2.35. The first-order chi connectivity index (χ1) is 14.4. The van der Waals surface area contributed by atoms with E-state index in [4.69, 9.17) is 0 Å². The molecule has 1 saturated heterocycles. The molecule has 1 N–H and O–H groups in total. The average molecular weight is 479 g/mol. The van der Waals surface area contributed by atoms with Crippen LogP contribution in [0.3, 0.4) is 0 Å². The highest BCUT2D eigenvalue weighted by atomic mass is 32.2. The smallest absolute Gasteiger partial charge is 0.406 e. The van der Waals surface area contributed by atoms with Crippen LogP contribution < -0.4 is 9.46 Å². The predicted octanol–water partition coefficient (Wildman–Crippen LogP) is 3.87. The third kappa shape index (κ3) is 5.69. The van der Waals surface area contributed by atoms with Crippen molar-refractivity contribution in [2.75, 3.05) is 17.8 Å². The lowest BCUT2D eigenvalue weighted by Gasteiger charge is -2.26. The van der Waals surface area contributed by atoms with Gasteiger partial charge in [0.15, 0.2) is 0 Å². The van der Waals surface area contributed by atoms with E-state index in [2.05, 4.69) is 9.46 Å². The summed E-state index contributed by atoms with van der Waals surface area (Å²) in [4.78, 5) is -0.523. The van der Waals surface area contributed by atoms with Crippen molar-refractivity contribution in [2.24, 2.45) is 0 Å². The quantitative estimate of drug-likeness (QED) is 0.681. The topological polar surface area (TPSA) is 92.8 Å². The van der Waals surface area contributed by atoms with E-state index in [-0.39, 0.29) is 10.6 Å². The summed E-state index contributed by atoms with van der Waals surface area (Å²) in [7, 11) is -8.10. The number of piperidine rings is 1. The molecule has 1 aliphatic heterocycles. The van der Waals surface area contributed by atoms with Gasteiger partial charge in [-0.1, -0.05) is 18.6 Å². The molecule has 3 rings (SSSR count). The molecule has 170 valence electrons. The molecule has 31 heavy (non-hydrogen) atoms. The Bertz CT molecular complexity index is 1160. The lowest BCUT2D eigenvalue weighted by atomic mass is 10.2. The van der Waals surface area contributed by atoms with Gasteiger partial charge in [-0.2, -0.15) is 4.31 Å². The van der Waals surface area contributed by atoms with E-state index in [1.54, 1.807) is 6.92 Å². The van der Waals surface area contributed by atoms with Gasteiger partial charge < -0.3 is 4.74 Å². The van der Waals surface area contributed by atoms with Gasteiger partial charge in [0.2, 0.25) is 10.0 Å². The number of anilines is 1. The molecule has 2 aromatic rings. The molecule has 0 spiro atoms. The van der Waals surface area contributed by atoms with E-state index in [0.717, 1.165) is 43.5 Å². The van der Waals surface area contributed by atoms with Gasteiger partial charge in [-0.15, -0.1) is 13.2 Å². The summed E-state index contributed by atoms with van der Waals surface area (Å²) in [5.41, 5.74) is 0.462. The Hall–Kier alpha value is -2.31. The normalized spacial score (nSPS) is 16.1. The first-order valence-corrected chi connectivity index (χ1v) is 12.3. The van der Waals surface area contributed by atoms with Crippen molar-refractivity contribution < 1.29 is 34.7 Å². The molecule has 0 aliphatic carbocycles. The zero-order chi connectivity index (χ0) is 22.9. The van der Waals surface area contributed by atoms with Crippen molar-refractivity contribution in [2.45, 2.75) is 42.3 Å². The molecule has 1 fully saturated rings. The molecular formula is C19H21F3N2O5S2. The van der Waals surface area contributed by atoms with Crippen molar-refractivity contribution in [3.8, 4) is 5.75 Å². The van der Waals surface area contributed by atoms with Crippen molar-refractivity contribution in [3.05, 3.63) is 48.0 Å². The number of benzene rings is 2. The molecule has 0 aromatic heterocycles. The van der Waals surface area contributed by atoms with Crippen molar-refractivity contribution >= 4 is 25.7 Å². The highest BCUT2D eigenvalue weighted by Gasteiger charge is 2.32. The predicted molar refractivity (Wildman–Crippen MR) is 108 cm³/mol. The summed E-state index contributed by atoms with van der Waals surface area (Å²) in [5, 5.41) is 0. The Morgan fingerprint density at radius 1 is 0.935 bits per heavy atom. The minimum Gasteiger partial charge on any atom is -0.406 e. The van der Waals surface area contributed by atoms with Crippen LogP contribution in [0.1, 0.15) is 24.8 Å². The fourth-order valence-electron chi connectivity index (χ4n) is 3.17. The minimum absolute atomic E-state index is 0.0141. The average Bonchev–Trinajstić information content (AvgIpc) is 2.69. The number of ether oxygens (including phenoxy) is 1. The number of halogens is 3. The van der Waals surface area contributed by atoms with Gasteiger partial charge in [-0.25, -0.2) is 16.8 Å². The van der Waals surface area contributed by atoms with E-state index in [1.165, 1.54) is 22.5 Å². The van der Waals surface area contributed by atoms with Gasteiger partial charge in [0, 0.05) is 19.2 Å². The Morgan fingerprint density at radius 3 is 2.26 bits per heavy atom. The Morgan fingerprint density at radius 2 is 1.61 bits per heavy atom. The molecule has 0 saturated carbocycles. The summed E-state index contributed by atoms with van der Waals surface area (Å²) in [5.74, 6) is -0.687. The molecule has 12 heteroatoms. The highest BCUT2D eigenvalue weighted by Crippen LogP contribution is 2.29. The summed E-state index contributed by atoms with van der Waals surface area (Å²) in [6.07, 6.45) is -2.52. The van der Waals surface area contributed by atoms with E-state index in [0.29, 0.717) is 18.7 Å². The summed E-state index contributed by atoms with van der Waals surface area (Å²) >= 11 is 0. The van der Waals surface area contributed by atoms with Gasteiger partial charge >= 0.3 is 6.36 Å². The van der Waals surface area contributed by atoms with Gasteiger partial charge in [-0.3, -0.25) is 4.72 Å². The van der Waals surface area contributed by atoms with Crippen LogP contribution in [-0.4, -0.2) is 40.6 Å². The summed E-state index contributed by atoms with van der Waals surface area (Å²) in [6, 6.07) is 8.01. The van der Waals surface area contributed by atoms with Crippen LogP contribution in [0, 0.1) is 6.92 Å². The number of hydrogen-bond donors (Lipinski definition) is 1. The van der Waals surface area contributed by atoms with E-state index in [1.807, 2.05) is 0 Å². The zero-order valence-electron chi connectivity index (χ0n) is 16.5. The molecule has 0 bridgehead atoms. The first kappa shape index (κ1) is 23.4. The van der Waals surface area contributed by atoms with Crippen LogP contribution in [0.25, 0.3) is 0 Å². The second kappa shape index (κ2) is 8.67. The van der Waals surface area contributed by atoms with Gasteiger partial charge in [-0.05, 0) is 49.6 Å². The summed E-state index contributed by atoms with van der Waals surface area (Å²) < 4.78 is 95.9. The zero-order valence-corrected chi connectivity index (χ0v) is 18.1. The molecule has 0 radical (unpaired) electrons. The van der Waals surface area contributed by atoms with E-state index in [9.17, 15) is 30.0 Å². The minimum atomic E-state index is -4.97. The molecule has 0 atom stereocenters. The molecule has 2 aromatic carbocycles. The largest absolute Gasteiger partial charge is 0.573 e. The molecule has 0 amide bonds. The Kier molecular flexibility index (Phi) is 6.53. The van der Waals surface area contributed by atoms with Crippen LogP contribution in [0.15, 0.2) is 52.3 Å². The van der Waals surface area contributed by atoms with Gasteiger partial charge in [0.1, 0.15) is 5.75 Å². The maximum atomic E-state index is 12.9. The monoisotopic (exact) mass is 478 g/mol. The number of sulfonamides is 2. The SMILES string of the molecule is Cc1ccc(S(=O)(=O)N2CCCCC2)cc1NS(=O)(=O)c1cccc(OC(F)(F)F)c1. The summed E-state index contributed by atoms with van der Waals surface area (Å²) in [6.45, 7) is 2.37. The molecular weight excluding hydrogens is 457 g/mol. The molecule has 7 nitrogen and oxygen atoms in total. The van der Waals surface area contributed by atoms with Crippen LogP contribution in [0.2, 0.25) is 0 Å². The second-order valence-electron chi connectivity index (χ2n) is 7.07. The third-order valence-corrected chi connectivity index (χ3v) is 8.01. The third-order valence-electron chi connectivity index (χ3n) is 4.76. The van der Waals surface area contributed by atoms with Crippen LogP contribution in [0.5, 0.6) is 5.75 Å². The Balaban J connectivity index is 1.90. The van der Waals surface area contributed by atoms with E-state index < -0.39 is 37.1 Å². The number of rotatable bonds is 6. The number of nitrogens with zero attached hydrogens (tertiary/aromatic N) is 1. The van der Waals surface area contributed by atoms with E-state index >= 15 is 0 Å². The maximum absolute atomic E-state index is 12.9. The molecule has 1 heterocycles. The van der Waals surface area contributed by atoms with Crippen molar-refractivity contribution in [1.29, 1.82) is 0 Å². The Labute approximate surface area is 178 Å². The van der Waals surface area contributed by atoms with Crippen molar-refractivity contribution in [1.82, 2.24) is 4.31 Å². The second-order valence-corrected chi connectivity index (χ2v) is 10.7. The van der Waals surface area contributed by atoms with Crippen molar-refractivity contribution in [3.63, 3.8) is 0 Å². The molecule has 0 unspecified atom stereocenters. The maximum Gasteiger partial charge on any atom is 0.573 e. The molecule has 1 aliphatic rings. The van der Waals surface area contributed by atoms with Gasteiger partial charge in [0.05, 0.1) is 15.5 Å². The van der Waals surface area contributed by atoms with Crippen LogP contribution >= 0.6 is 0 Å².